The number of hydrogen-bond acceptors (Lipinski definition) is 3. The Bertz CT molecular complexity index is 322. The molecule has 0 saturated carbocycles. The number of nitrogens with one attached hydrogen (secondary N) is 2. The highest BCUT2D eigenvalue weighted by atomic mass is 127. The Balaban J connectivity index is 0.00000529. The van der Waals surface area contributed by atoms with Gasteiger partial charge in [-0.25, -0.2) is 0 Å². The number of guanidine groups is 1. The summed E-state index contributed by atoms with van der Waals surface area (Å²) in [5.41, 5.74) is 0. The van der Waals surface area contributed by atoms with Gasteiger partial charge < -0.3 is 15.4 Å². The molecule has 0 aromatic rings. The lowest BCUT2D eigenvalue weighted by Crippen LogP contribution is -2.43. The van der Waals surface area contributed by atoms with Gasteiger partial charge >= 0.3 is 0 Å². The Morgan fingerprint density at radius 2 is 1.88 bits per heavy atom. The largest absolute Gasteiger partial charge is 0.379 e. The fraction of sp³-hybridized carbons (Fsp3) is 0.944. The van der Waals surface area contributed by atoms with Crippen molar-refractivity contribution in [3.63, 3.8) is 0 Å². The van der Waals surface area contributed by atoms with Crippen molar-refractivity contribution in [3.05, 3.63) is 0 Å². The molecule has 144 valence electrons. The van der Waals surface area contributed by atoms with Gasteiger partial charge in [0.05, 0.1) is 13.2 Å². The van der Waals surface area contributed by atoms with E-state index in [1.54, 1.807) is 0 Å². The van der Waals surface area contributed by atoms with E-state index in [0.29, 0.717) is 12.0 Å². The molecule has 5 nitrogen and oxygen atoms in total. The molecule has 1 saturated heterocycles. The Morgan fingerprint density at radius 3 is 2.50 bits per heavy atom. The smallest absolute Gasteiger partial charge is 0.191 e. The normalized spacial score (nSPS) is 18.6. The quantitative estimate of drug-likeness (QED) is 0.231. The highest BCUT2D eigenvalue weighted by Crippen LogP contribution is 2.05. The zero-order chi connectivity index (χ0) is 16.9. The first-order chi connectivity index (χ1) is 11.2. The Hall–Kier alpha value is -0.0800. The summed E-state index contributed by atoms with van der Waals surface area (Å²) in [6, 6.07) is 0.480. The van der Waals surface area contributed by atoms with Gasteiger partial charge in [-0.05, 0) is 26.2 Å². The minimum absolute atomic E-state index is 0. The van der Waals surface area contributed by atoms with Crippen molar-refractivity contribution in [2.24, 2.45) is 10.9 Å². The standard InChI is InChI=1S/C18H38N4O.HI/c1-5-7-8-9-17(4)21-18(19-6-2)20-14-16(3)15-22-10-12-23-13-11-22;/h16-17H,5-15H2,1-4H3,(H2,19,20,21);1H. The second kappa shape index (κ2) is 15.2. The molecular weight excluding hydrogens is 415 g/mol. The van der Waals surface area contributed by atoms with Crippen molar-refractivity contribution in [2.75, 3.05) is 45.9 Å². The van der Waals surface area contributed by atoms with Gasteiger partial charge in [-0.15, -0.1) is 24.0 Å². The van der Waals surface area contributed by atoms with Crippen LogP contribution >= 0.6 is 24.0 Å². The van der Waals surface area contributed by atoms with Gasteiger partial charge in [0.1, 0.15) is 0 Å². The third-order valence-corrected chi connectivity index (χ3v) is 4.20. The van der Waals surface area contributed by atoms with Crippen LogP contribution in [0, 0.1) is 5.92 Å². The first-order valence-corrected chi connectivity index (χ1v) is 9.50. The van der Waals surface area contributed by atoms with Crippen molar-refractivity contribution in [2.45, 2.75) is 59.4 Å². The fourth-order valence-corrected chi connectivity index (χ4v) is 2.86. The lowest BCUT2D eigenvalue weighted by Gasteiger charge is -2.28. The van der Waals surface area contributed by atoms with E-state index < -0.39 is 0 Å². The monoisotopic (exact) mass is 454 g/mol. The molecule has 24 heavy (non-hydrogen) atoms. The molecular formula is C18H39IN4O. The summed E-state index contributed by atoms with van der Waals surface area (Å²) >= 11 is 0. The van der Waals surface area contributed by atoms with Crippen LogP contribution in [0.1, 0.15) is 53.4 Å². The van der Waals surface area contributed by atoms with Crippen LogP contribution in [0.2, 0.25) is 0 Å². The summed E-state index contributed by atoms with van der Waals surface area (Å²) in [5, 5.41) is 6.91. The predicted molar refractivity (Wildman–Crippen MR) is 115 cm³/mol. The number of unbranched alkanes of at least 4 members (excludes halogenated alkanes) is 2. The van der Waals surface area contributed by atoms with E-state index in [9.17, 15) is 0 Å². The maximum Gasteiger partial charge on any atom is 0.191 e. The molecule has 6 heteroatoms. The van der Waals surface area contributed by atoms with Crippen LogP contribution in [-0.2, 0) is 4.74 Å². The van der Waals surface area contributed by atoms with Crippen LogP contribution < -0.4 is 10.6 Å². The molecule has 1 rings (SSSR count). The number of hydrogen-bond donors (Lipinski definition) is 2. The van der Waals surface area contributed by atoms with E-state index in [0.717, 1.165) is 51.9 Å². The molecule has 0 bridgehead atoms. The molecule has 2 atom stereocenters. The van der Waals surface area contributed by atoms with E-state index >= 15 is 0 Å². The van der Waals surface area contributed by atoms with Gasteiger partial charge in [-0.1, -0.05) is 33.1 Å². The van der Waals surface area contributed by atoms with Gasteiger partial charge in [0.2, 0.25) is 0 Å². The number of halogens is 1. The Morgan fingerprint density at radius 1 is 1.17 bits per heavy atom. The van der Waals surface area contributed by atoms with Gasteiger partial charge in [0, 0.05) is 38.8 Å². The number of nitrogens with zero attached hydrogens (tertiary/aromatic N) is 2. The molecule has 2 unspecified atom stereocenters. The molecule has 0 aromatic carbocycles. The topological polar surface area (TPSA) is 48.9 Å². The number of aliphatic imine (C=N–C) groups is 1. The van der Waals surface area contributed by atoms with Crippen LogP contribution in [0.5, 0.6) is 0 Å². The van der Waals surface area contributed by atoms with Crippen LogP contribution in [0.15, 0.2) is 4.99 Å². The SMILES string of the molecule is CCCCCC(C)NC(=NCC(C)CN1CCOCC1)NCC.I. The summed E-state index contributed by atoms with van der Waals surface area (Å²) in [4.78, 5) is 7.27. The lowest BCUT2D eigenvalue weighted by atomic mass is 10.1. The number of ether oxygens (including phenoxy) is 1. The van der Waals surface area contributed by atoms with Crippen molar-refractivity contribution in [3.8, 4) is 0 Å². The molecule has 0 spiro atoms. The Labute approximate surface area is 166 Å². The highest BCUT2D eigenvalue weighted by molar-refractivity contribution is 14.0. The number of rotatable bonds is 10. The second-order valence-corrected chi connectivity index (χ2v) is 6.78. The highest BCUT2D eigenvalue weighted by Gasteiger charge is 2.13. The zero-order valence-electron chi connectivity index (χ0n) is 16.1. The van der Waals surface area contributed by atoms with Crippen LogP contribution in [0.25, 0.3) is 0 Å². The molecule has 1 fully saturated rings. The van der Waals surface area contributed by atoms with E-state index in [1.165, 1.54) is 25.7 Å². The van der Waals surface area contributed by atoms with Crippen LogP contribution in [0.4, 0.5) is 0 Å². The van der Waals surface area contributed by atoms with Crippen LogP contribution in [0.3, 0.4) is 0 Å². The second-order valence-electron chi connectivity index (χ2n) is 6.78. The minimum Gasteiger partial charge on any atom is -0.379 e. The summed E-state index contributed by atoms with van der Waals surface area (Å²) in [7, 11) is 0. The summed E-state index contributed by atoms with van der Waals surface area (Å²) in [5.74, 6) is 1.53. The first-order valence-electron chi connectivity index (χ1n) is 9.50. The van der Waals surface area contributed by atoms with Crippen molar-refractivity contribution in [1.82, 2.24) is 15.5 Å². The molecule has 0 aliphatic carbocycles. The van der Waals surface area contributed by atoms with Crippen molar-refractivity contribution >= 4 is 29.9 Å². The van der Waals surface area contributed by atoms with E-state index in [4.69, 9.17) is 9.73 Å². The average Bonchev–Trinajstić information content (AvgIpc) is 2.54. The molecule has 0 radical (unpaired) electrons. The molecule has 1 aliphatic heterocycles. The molecule has 1 heterocycles. The minimum atomic E-state index is 0. The maximum atomic E-state index is 5.41. The van der Waals surface area contributed by atoms with Gasteiger partial charge in [-0.3, -0.25) is 9.89 Å². The van der Waals surface area contributed by atoms with E-state index in [-0.39, 0.29) is 24.0 Å². The summed E-state index contributed by atoms with van der Waals surface area (Å²) in [6.07, 6.45) is 5.09. The lowest BCUT2D eigenvalue weighted by molar-refractivity contribution is 0.0323. The predicted octanol–water partition coefficient (Wildman–Crippen LogP) is 3.10. The van der Waals surface area contributed by atoms with Crippen molar-refractivity contribution < 1.29 is 4.74 Å². The fourth-order valence-electron chi connectivity index (χ4n) is 2.86. The van der Waals surface area contributed by atoms with Crippen LogP contribution in [-0.4, -0.2) is 62.8 Å². The molecule has 1 aliphatic rings. The third-order valence-electron chi connectivity index (χ3n) is 4.20. The molecule has 0 aromatic heterocycles. The van der Waals surface area contributed by atoms with Gasteiger partial charge in [0.25, 0.3) is 0 Å². The van der Waals surface area contributed by atoms with E-state index in [2.05, 4.69) is 43.2 Å². The van der Waals surface area contributed by atoms with Crippen molar-refractivity contribution in [1.29, 1.82) is 0 Å². The maximum absolute atomic E-state index is 5.41. The van der Waals surface area contributed by atoms with Gasteiger partial charge in [-0.2, -0.15) is 0 Å². The number of morpholine rings is 1. The summed E-state index contributed by atoms with van der Waals surface area (Å²) < 4.78 is 5.41. The molecule has 2 N–H and O–H groups in total. The zero-order valence-corrected chi connectivity index (χ0v) is 18.5. The Kier molecular flexibility index (Phi) is 15.1. The van der Waals surface area contributed by atoms with Gasteiger partial charge in [0.15, 0.2) is 5.96 Å². The average molecular weight is 454 g/mol. The first kappa shape index (κ1) is 23.9. The molecule has 0 amide bonds. The van der Waals surface area contributed by atoms with E-state index in [1.807, 2.05) is 0 Å². The summed E-state index contributed by atoms with van der Waals surface area (Å²) in [6.45, 7) is 15.6. The third kappa shape index (κ3) is 11.5.